The zero-order valence-electron chi connectivity index (χ0n) is 11.5. The summed E-state index contributed by atoms with van der Waals surface area (Å²) in [6.45, 7) is 6.02. The number of hydrogen-bond donors (Lipinski definition) is 0. The third-order valence-electron chi connectivity index (χ3n) is 2.85. The number of benzene rings is 1. The lowest BCUT2D eigenvalue weighted by Gasteiger charge is -2.19. The van der Waals surface area contributed by atoms with E-state index in [2.05, 4.69) is 0 Å². The van der Waals surface area contributed by atoms with Crippen LogP contribution in [0.3, 0.4) is 0 Å². The summed E-state index contributed by atoms with van der Waals surface area (Å²) in [6, 6.07) is 7.78. The van der Waals surface area contributed by atoms with E-state index in [0.717, 1.165) is 11.6 Å². The van der Waals surface area contributed by atoms with Crippen molar-refractivity contribution in [2.24, 2.45) is 5.92 Å². The largest absolute Gasteiger partial charge is 0.405 e. The van der Waals surface area contributed by atoms with Crippen molar-refractivity contribution in [1.29, 1.82) is 5.26 Å². The van der Waals surface area contributed by atoms with Crippen LogP contribution in [0.1, 0.15) is 26.3 Å². The molecule has 0 aliphatic carbocycles. The van der Waals surface area contributed by atoms with Crippen molar-refractivity contribution < 1.29 is 17.4 Å². The van der Waals surface area contributed by atoms with Crippen LogP contribution in [0, 0.1) is 17.2 Å². The second-order valence-corrected chi connectivity index (χ2v) is 7.01. The molecule has 110 valence electrons. The highest BCUT2D eigenvalue weighted by atomic mass is 32.2. The zero-order valence-corrected chi connectivity index (χ0v) is 12.3. The van der Waals surface area contributed by atoms with Gasteiger partial charge in [0.1, 0.15) is 0 Å². The van der Waals surface area contributed by atoms with E-state index >= 15 is 0 Å². The minimum absolute atomic E-state index is 0.0822. The molecule has 2 nitrogen and oxygen atoms in total. The van der Waals surface area contributed by atoms with Crippen LogP contribution in [0.2, 0.25) is 0 Å². The Labute approximate surface area is 119 Å². The highest BCUT2D eigenvalue weighted by Gasteiger charge is 2.41. The average molecular weight is 303 g/mol. The van der Waals surface area contributed by atoms with E-state index < -0.39 is 28.6 Å². The number of hydrogen-bond acceptors (Lipinski definition) is 2. The van der Waals surface area contributed by atoms with Crippen LogP contribution in [0.4, 0.5) is 13.2 Å². The van der Waals surface area contributed by atoms with E-state index in [-0.39, 0.29) is 5.41 Å². The van der Waals surface area contributed by atoms with Crippen LogP contribution in [0.25, 0.3) is 0 Å². The zero-order chi connectivity index (χ0) is 15.6. The van der Waals surface area contributed by atoms with Gasteiger partial charge >= 0.3 is 6.18 Å². The molecule has 6 heteroatoms. The monoisotopic (exact) mass is 303 g/mol. The second-order valence-electron chi connectivity index (χ2n) is 5.51. The van der Waals surface area contributed by atoms with Gasteiger partial charge in [-0.3, -0.25) is 4.21 Å². The Morgan fingerprint density at radius 2 is 1.70 bits per heavy atom. The Morgan fingerprint density at radius 1 is 1.20 bits per heavy atom. The van der Waals surface area contributed by atoms with Gasteiger partial charge in [0.2, 0.25) is 0 Å². The Hall–Kier alpha value is -1.35. The summed E-state index contributed by atoms with van der Waals surface area (Å²) in [4.78, 5) is 0.308. The number of halogens is 3. The molecule has 0 N–H and O–H groups in total. The molecule has 0 aliphatic rings. The van der Waals surface area contributed by atoms with E-state index in [1.54, 1.807) is 24.3 Å². The van der Waals surface area contributed by atoms with Crippen LogP contribution in [0.5, 0.6) is 0 Å². The minimum atomic E-state index is -4.64. The molecule has 0 saturated carbocycles. The molecule has 0 aliphatic heterocycles. The van der Waals surface area contributed by atoms with E-state index in [1.165, 1.54) is 0 Å². The molecule has 0 bridgehead atoms. The SMILES string of the molecule is CC(C)(C)c1ccc(S(=O)CC(C#N)C(F)(F)F)cc1. The Balaban J connectivity index is 2.87. The quantitative estimate of drug-likeness (QED) is 0.852. The van der Waals surface area contributed by atoms with Crippen molar-refractivity contribution in [3.8, 4) is 6.07 Å². The lowest BCUT2D eigenvalue weighted by atomic mass is 9.87. The highest BCUT2D eigenvalue weighted by molar-refractivity contribution is 7.85. The van der Waals surface area contributed by atoms with Gasteiger partial charge in [-0.15, -0.1) is 0 Å². The summed E-state index contributed by atoms with van der Waals surface area (Å²) < 4.78 is 49.3. The van der Waals surface area contributed by atoms with Crippen LogP contribution < -0.4 is 0 Å². The van der Waals surface area contributed by atoms with Crippen molar-refractivity contribution in [3.63, 3.8) is 0 Å². The number of rotatable bonds is 3. The maximum Gasteiger partial charge on any atom is 0.405 e. The summed E-state index contributed by atoms with van der Waals surface area (Å²) in [5, 5.41) is 8.50. The summed E-state index contributed by atoms with van der Waals surface area (Å²) in [5.74, 6) is -2.93. The first-order valence-electron chi connectivity index (χ1n) is 6.01. The Kier molecular flexibility index (Phi) is 4.98. The maximum atomic E-state index is 12.5. The van der Waals surface area contributed by atoms with Gasteiger partial charge in [0.05, 0.1) is 22.6 Å². The van der Waals surface area contributed by atoms with Gasteiger partial charge in [-0.2, -0.15) is 18.4 Å². The lowest BCUT2D eigenvalue weighted by molar-refractivity contribution is -0.153. The van der Waals surface area contributed by atoms with Gasteiger partial charge in [0.15, 0.2) is 5.92 Å². The standard InChI is InChI=1S/C14H16F3NOS/c1-13(2,3)10-4-6-12(7-5-10)20(19)9-11(8-18)14(15,16)17/h4-7,11H,9H2,1-3H3. The fourth-order valence-corrected chi connectivity index (χ4v) is 2.76. The second kappa shape index (κ2) is 5.96. The molecule has 0 saturated heterocycles. The van der Waals surface area contributed by atoms with Gasteiger partial charge in [-0.05, 0) is 23.1 Å². The van der Waals surface area contributed by atoms with Crippen molar-refractivity contribution in [2.45, 2.75) is 37.3 Å². The molecular formula is C14H16F3NOS. The van der Waals surface area contributed by atoms with Crippen LogP contribution in [0.15, 0.2) is 29.2 Å². The Bertz CT molecular complexity index is 523. The topological polar surface area (TPSA) is 40.9 Å². The predicted molar refractivity (Wildman–Crippen MR) is 71.6 cm³/mol. The van der Waals surface area contributed by atoms with E-state index in [1.807, 2.05) is 20.8 Å². The molecule has 2 atom stereocenters. The number of alkyl halides is 3. The molecule has 1 aromatic carbocycles. The average Bonchev–Trinajstić information content (AvgIpc) is 2.33. The molecule has 20 heavy (non-hydrogen) atoms. The molecule has 0 spiro atoms. The predicted octanol–water partition coefficient (Wildman–Crippen LogP) is 3.79. The van der Waals surface area contributed by atoms with Gasteiger partial charge in [-0.25, -0.2) is 0 Å². The highest BCUT2D eigenvalue weighted by Crippen LogP contribution is 2.28. The van der Waals surface area contributed by atoms with E-state index in [0.29, 0.717) is 4.90 Å². The molecule has 1 aromatic rings. The Morgan fingerprint density at radius 3 is 2.05 bits per heavy atom. The third kappa shape index (κ3) is 4.34. The molecular weight excluding hydrogens is 287 g/mol. The van der Waals surface area contributed by atoms with Gasteiger partial charge < -0.3 is 0 Å². The molecule has 2 unspecified atom stereocenters. The molecule has 0 aromatic heterocycles. The summed E-state index contributed by atoms with van der Waals surface area (Å²) >= 11 is 0. The van der Waals surface area contributed by atoms with Crippen molar-refractivity contribution >= 4 is 10.8 Å². The van der Waals surface area contributed by atoms with Crippen LogP contribution in [-0.2, 0) is 16.2 Å². The fraction of sp³-hybridized carbons (Fsp3) is 0.500. The first kappa shape index (κ1) is 16.7. The first-order chi connectivity index (χ1) is 9.05. The van der Waals surface area contributed by atoms with Crippen LogP contribution >= 0.6 is 0 Å². The normalized spacial score (nSPS) is 15.4. The van der Waals surface area contributed by atoms with Gasteiger partial charge in [0, 0.05) is 4.90 Å². The van der Waals surface area contributed by atoms with Gasteiger partial charge in [0.25, 0.3) is 0 Å². The summed E-state index contributed by atoms with van der Waals surface area (Å²) in [5.41, 5.74) is 0.923. The molecule has 0 amide bonds. The van der Waals surface area contributed by atoms with E-state index in [4.69, 9.17) is 5.26 Å². The minimum Gasteiger partial charge on any atom is -0.254 e. The van der Waals surface area contributed by atoms with Crippen molar-refractivity contribution in [2.75, 3.05) is 5.75 Å². The summed E-state index contributed by atoms with van der Waals surface area (Å²) in [7, 11) is -1.84. The lowest BCUT2D eigenvalue weighted by Crippen LogP contribution is -2.26. The van der Waals surface area contributed by atoms with Crippen molar-refractivity contribution in [3.05, 3.63) is 29.8 Å². The van der Waals surface area contributed by atoms with E-state index in [9.17, 15) is 17.4 Å². The van der Waals surface area contributed by atoms with Crippen LogP contribution in [-0.4, -0.2) is 16.1 Å². The van der Waals surface area contributed by atoms with Gasteiger partial charge in [-0.1, -0.05) is 32.9 Å². The first-order valence-corrected chi connectivity index (χ1v) is 7.33. The third-order valence-corrected chi connectivity index (χ3v) is 4.29. The number of nitrogens with zero attached hydrogens (tertiary/aromatic N) is 1. The van der Waals surface area contributed by atoms with Crippen molar-refractivity contribution in [1.82, 2.24) is 0 Å². The number of nitriles is 1. The fourth-order valence-electron chi connectivity index (χ4n) is 1.56. The molecule has 0 fully saturated rings. The maximum absolute atomic E-state index is 12.5. The molecule has 1 rings (SSSR count). The summed E-state index contributed by atoms with van der Waals surface area (Å²) in [6.07, 6.45) is -4.64. The smallest absolute Gasteiger partial charge is 0.254 e. The molecule has 0 heterocycles. The molecule has 0 radical (unpaired) electrons.